The first-order valence-corrected chi connectivity index (χ1v) is 6.26. The van der Waals surface area contributed by atoms with Gasteiger partial charge in [0.1, 0.15) is 0 Å². The number of imide groups is 1. The van der Waals surface area contributed by atoms with Gasteiger partial charge < -0.3 is 5.32 Å². The van der Waals surface area contributed by atoms with E-state index >= 15 is 0 Å². The van der Waals surface area contributed by atoms with Crippen LogP contribution in [0.25, 0.3) is 0 Å². The molecule has 1 atom stereocenters. The Hall–Kier alpha value is -2.28. The fourth-order valence-corrected chi connectivity index (χ4v) is 2.08. The van der Waals surface area contributed by atoms with Crippen LogP contribution in [0.3, 0.4) is 0 Å². The predicted molar refractivity (Wildman–Crippen MR) is 70.7 cm³/mol. The van der Waals surface area contributed by atoms with Gasteiger partial charge in [-0.1, -0.05) is 12.1 Å². The van der Waals surface area contributed by atoms with Gasteiger partial charge in [-0.15, -0.1) is 0 Å². The molecule has 106 valence electrons. The van der Waals surface area contributed by atoms with Gasteiger partial charge in [-0.3, -0.25) is 24.6 Å². The molecule has 1 heterocycles. The van der Waals surface area contributed by atoms with E-state index in [2.05, 4.69) is 5.32 Å². The van der Waals surface area contributed by atoms with Crippen molar-refractivity contribution in [2.75, 3.05) is 7.05 Å². The van der Waals surface area contributed by atoms with Crippen molar-refractivity contribution in [2.24, 2.45) is 0 Å². The summed E-state index contributed by atoms with van der Waals surface area (Å²) in [6.45, 7) is 0.427. The molecule has 1 aromatic carbocycles. The number of rotatable bonds is 4. The van der Waals surface area contributed by atoms with E-state index in [4.69, 9.17) is 0 Å². The second kappa shape index (κ2) is 5.79. The molecule has 1 aromatic rings. The van der Waals surface area contributed by atoms with Crippen LogP contribution in [0.4, 0.5) is 5.69 Å². The third-order valence-electron chi connectivity index (χ3n) is 3.35. The minimum absolute atomic E-state index is 0.0350. The van der Waals surface area contributed by atoms with Crippen molar-refractivity contribution in [2.45, 2.75) is 25.4 Å². The predicted octanol–water partition coefficient (Wildman–Crippen LogP) is 0.832. The van der Waals surface area contributed by atoms with Crippen molar-refractivity contribution in [3.8, 4) is 0 Å². The van der Waals surface area contributed by atoms with Crippen LogP contribution in [0, 0.1) is 10.1 Å². The van der Waals surface area contributed by atoms with Gasteiger partial charge in [0, 0.05) is 32.1 Å². The largest absolute Gasteiger partial charge is 0.302 e. The molecule has 7 heteroatoms. The lowest BCUT2D eigenvalue weighted by atomic mass is 10.0. The normalized spacial score (nSPS) is 19.2. The van der Waals surface area contributed by atoms with Gasteiger partial charge in [-0.25, -0.2) is 0 Å². The van der Waals surface area contributed by atoms with Gasteiger partial charge >= 0.3 is 0 Å². The molecule has 1 saturated heterocycles. The zero-order valence-corrected chi connectivity index (χ0v) is 11.0. The van der Waals surface area contributed by atoms with E-state index in [-0.39, 0.29) is 23.5 Å². The first-order chi connectivity index (χ1) is 9.49. The smallest absolute Gasteiger partial charge is 0.269 e. The van der Waals surface area contributed by atoms with Crippen molar-refractivity contribution in [3.05, 3.63) is 39.9 Å². The van der Waals surface area contributed by atoms with E-state index < -0.39 is 4.92 Å². The summed E-state index contributed by atoms with van der Waals surface area (Å²) in [5.74, 6) is -0.397. The molecule has 7 nitrogen and oxygen atoms in total. The average Bonchev–Trinajstić information content (AvgIpc) is 2.44. The Bertz CT molecular complexity index is 541. The number of likely N-dealkylation sites (N-methyl/N-ethyl adjacent to an activating group) is 1. The van der Waals surface area contributed by atoms with Crippen molar-refractivity contribution in [1.29, 1.82) is 0 Å². The third kappa shape index (κ3) is 3.00. The molecule has 20 heavy (non-hydrogen) atoms. The van der Waals surface area contributed by atoms with Gasteiger partial charge in [0.2, 0.25) is 11.8 Å². The maximum Gasteiger partial charge on any atom is 0.269 e. The fraction of sp³-hybridized carbons (Fsp3) is 0.385. The highest BCUT2D eigenvalue weighted by atomic mass is 16.6. The van der Waals surface area contributed by atoms with E-state index in [9.17, 15) is 19.7 Å². The highest BCUT2D eigenvalue weighted by Crippen LogP contribution is 2.14. The molecule has 1 aliphatic rings. The molecule has 0 spiro atoms. The van der Waals surface area contributed by atoms with Crippen molar-refractivity contribution >= 4 is 17.5 Å². The molecule has 0 aliphatic carbocycles. The molecule has 0 saturated carbocycles. The van der Waals surface area contributed by atoms with E-state index in [0.29, 0.717) is 19.4 Å². The first kappa shape index (κ1) is 14.1. The van der Waals surface area contributed by atoms with Crippen LogP contribution in [-0.4, -0.2) is 34.7 Å². The molecule has 1 aliphatic heterocycles. The highest BCUT2D eigenvalue weighted by Gasteiger charge is 2.31. The summed E-state index contributed by atoms with van der Waals surface area (Å²) in [6.07, 6.45) is 0.829. The molecule has 0 aromatic heterocycles. The Kier molecular flexibility index (Phi) is 4.09. The van der Waals surface area contributed by atoms with Gasteiger partial charge in [0.25, 0.3) is 5.69 Å². The van der Waals surface area contributed by atoms with Gasteiger partial charge in [0.05, 0.1) is 11.0 Å². The summed E-state index contributed by atoms with van der Waals surface area (Å²) in [7, 11) is 1.48. The standard InChI is InChI=1S/C13H15N3O4/c1-15-12(17)7-6-11(13(15)18)14-8-9-2-4-10(5-3-9)16(19)20/h2-5,11,14H,6-8H2,1H3. The van der Waals surface area contributed by atoms with Crippen molar-refractivity contribution in [3.63, 3.8) is 0 Å². The number of likely N-dealkylation sites (tertiary alicyclic amines) is 1. The number of nitrogens with zero attached hydrogens (tertiary/aromatic N) is 2. The minimum Gasteiger partial charge on any atom is -0.302 e. The van der Waals surface area contributed by atoms with Gasteiger partial charge in [-0.05, 0) is 12.0 Å². The summed E-state index contributed by atoms with van der Waals surface area (Å²) in [5, 5.41) is 13.6. The number of hydrogen-bond acceptors (Lipinski definition) is 5. The number of nitro groups is 1. The summed E-state index contributed by atoms with van der Waals surface area (Å²) in [6, 6.07) is 5.76. The minimum atomic E-state index is -0.456. The number of amides is 2. The molecule has 2 amide bonds. The number of hydrogen-bond donors (Lipinski definition) is 1. The van der Waals surface area contributed by atoms with Crippen LogP contribution in [0.1, 0.15) is 18.4 Å². The SMILES string of the molecule is CN1C(=O)CCC(NCc2ccc([N+](=O)[O-])cc2)C1=O. The van der Waals surface area contributed by atoms with Crippen molar-refractivity contribution in [1.82, 2.24) is 10.2 Å². The van der Waals surface area contributed by atoms with Crippen LogP contribution < -0.4 is 5.32 Å². The number of nitrogens with one attached hydrogen (secondary N) is 1. The molecule has 0 bridgehead atoms. The lowest BCUT2D eigenvalue weighted by Crippen LogP contribution is -2.51. The van der Waals surface area contributed by atoms with Crippen LogP contribution in [0.15, 0.2) is 24.3 Å². The highest BCUT2D eigenvalue weighted by molar-refractivity contribution is 6.00. The van der Waals surface area contributed by atoms with Crippen LogP contribution in [0.2, 0.25) is 0 Å². The number of benzene rings is 1. The lowest BCUT2D eigenvalue weighted by molar-refractivity contribution is -0.384. The van der Waals surface area contributed by atoms with E-state index in [1.165, 1.54) is 19.2 Å². The maximum atomic E-state index is 11.9. The maximum absolute atomic E-state index is 11.9. The molecule has 1 fully saturated rings. The molecule has 1 unspecified atom stereocenters. The third-order valence-corrected chi connectivity index (χ3v) is 3.35. The molecular formula is C13H15N3O4. The van der Waals surface area contributed by atoms with E-state index in [1.54, 1.807) is 12.1 Å². The number of carbonyl (C=O) groups excluding carboxylic acids is 2. The Balaban J connectivity index is 1.93. The van der Waals surface area contributed by atoms with Crippen LogP contribution in [-0.2, 0) is 16.1 Å². The van der Waals surface area contributed by atoms with Crippen LogP contribution in [0.5, 0.6) is 0 Å². The zero-order chi connectivity index (χ0) is 14.7. The molecule has 1 N–H and O–H groups in total. The van der Waals surface area contributed by atoms with Gasteiger partial charge in [0.15, 0.2) is 0 Å². The quantitative estimate of drug-likeness (QED) is 0.500. The topological polar surface area (TPSA) is 92.6 Å². The summed E-state index contributed by atoms with van der Waals surface area (Å²) >= 11 is 0. The second-order valence-electron chi connectivity index (χ2n) is 4.69. The summed E-state index contributed by atoms with van der Waals surface area (Å²) in [5.41, 5.74) is 0.885. The Morgan fingerprint density at radius 3 is 2.60 bits per heavy atom. The van der Waals surface area contributed by atoms with Crippen molar-refractivity contribution < 1.29 is 14.5 Å². The Morgan fingerprint density at radius 2 is 2.00 bits per heavy atom. The number of nitro benzene ring substituents is 1. The second-order valence-corrected chi connectivity index (χ2v) is 4.69. The number of piperidine rings is 1. The Labute approximate surface area is 115 Å². The summed E-state index contributed by atoms with van der Waals surface area (Å²) < 4.78 is 0. The summed E-state index contributed by atoms with van der Waals surface area (Å²) in [4.78, 5) is 34.4. The lowest BCUT2D eigenvalue weighted by Gasteiger charge is -2.28. The fourth-order valence-electron chi connectivity index (χ4n) is 2.08. The Morgan fingerprint density at radius 1 is 1.35 bits per heavy atom. The van der Waals surface area contributed by atoms with Crippen LogP contribution >= 0.6 is 0 Å². The monoisotopic (exact) mass is 277 g/mol. The van der Waals surface area contributed by atoms with E-state index in [1.807, 2.05) is 0 Å². The van der Waals surface area contributed by atoms with Gasteiger partial charge in [-0.2, -0.15) is 0 Å². The average molecular weight is 277 g/mol. The molecule has 0 radical (unpaired) electrons. The zero-order valence-electron chi connectivity index (χ0n) is 11.0. The number of carbonyl (C=O) groups is 2. The number of non-ortho nitro benzene ring substituents is 1. The molecule has 2 rings (SSSR count). The molecular weight excluding hydrogens is 262 g/mol. The van der Waals surface area contributed by atoms with E-state index in [0.717, 1.165) is 10.5 Å². The first-order valence-electron chi connectivity index (χ1n) is 6.26.